The summed E-state index contributed by atoms with van der Waals surface area (Å²) in [4.78, 5) is 27.7. The fraction of sp³-hybridized carbons (Fsp3) is 0.188. The van der Waals surface area contributed by atoms with E-state index in [1.807, 2.05) is 12.3 Å². The number of aliphatic carboxylic acids is 1. The van der Waals surface area contributed by atoms with Crippen molar-refractivity contribution >= 4 is 28.3 Å². The lowest BCUT2D eigenvalue weighted by Crippen LogP contribution is -2.22. The van der Waals surface area contributed by atoms with Gasteiger partial charge in [-0.2, -0.15) is 0 Å². The number of benzene rings is 1. The van der Waals surface area contributed by atoms with Crippen LogP contribution in [0.25, 0.3) is 21.5 Å². The highest BCUT2D eigenvalue weighted by atomic mass is 32.1. The van der Waals surface area contributed by atoms with E-state index < -0.39 is 12.1 Å². The van der Waals surface area contributed by atoms with Crippen molar-refractivity contribution < 1.29 is 19.1 Å². The van der Waals surface area contributed by atoms with Gasteiger partial charge in [-0.1, -0.05) is 0 Å². The molecule has 0 amide bonds. The van der Waals surface area contributed by atoms with Gasteiger partial charge < -0.3 is 14.3 Å². The highest BCUT2D eigenvalue weighted by Crippen LogP contribution is 2.25. The first kappa shape index (κ1) is 15.2. The van der Waals surface area contributed by atoms with Gasteiger partial charge in [-0.05, 0) is 26.0 Å². The summed E-state index contributed by atoms with van der Waals surface area (Å²) in [5, 5.41) is 11.7. The van der Waals surface area contributed by atoms with E-state index in [2.05, 4.69) is 4.98 Å². The van der Waals surface area contributed by atoms with E-state index >= 15 is 0 Å². The highest BCUT2D eigenvalue weighted by Gasteiger charge is 2.15. The number of carbonyl (C=O) groups is 1. The van der Waals surface area contributed by atoms with Crippen LogP contribution in [0.5, 0.6) is 5.75 Å². The molecular weight excluding hydrogens is 318 g/mol. The van der Waals surface area contributed by atoms with E-state index in [4.69, 9.17) is 14.3 Å². The predicted molar refractivity (Wildman–Crippen MR) is 86.1 cm³/mol. The smallest absolute Gasteiger partial charge is 0.344 e. The fourth-order valence-corrected chi connectivity index (χ4v) is 2.86. The monoisotopic (exact) mass is 331 g/mol. The van der Waals surface area contributed by atoms with Gasteiger partial charge in [0.2, 0.25) is 5.43 Å². The summed E-state index contributed by atoms with van der Waals surface area (Å²) in [6.45, 7) is 3.28. The fourth-order valence-electron chi connectivity index (χ4n) is 2.06. The van der Waals surface area contributed by atoms with Gasteiger partial charge in [0, 0.05) is 17.1 Å². The van der Waals surface area contributed by atoms with E-state index in [-0.39, 0.29) is 5.43 Å². The van der Waals surface area contributed by atoms with Crippen molar-refractivity contribution in [2.24, 2.45) is 0 Å². The van der Waals surface area contributed by atoms with Crippen LogP contribution >= 0.6 is 11.3 Å². The molecule has 0 fully saturated rings. The number of aromatic nitrogens is 1. The Hall–Kier alpha value is -2.67. The third kappa shape index (κ3) is 2.95. The molecule has 6 nitrogen and oxygen atoms in total. The van der Waals surface area contributed by atoms with Crippen molar-refractivity contribution in [1.82, 2.24) is 4.98 Å². The van der Waals surface area contributed by atoms with E-state index in [1.165, 1.54) is 30.6 Å². The van der Waals surface area contributed by atoms with Gasteiger partial charge >= 0.3 is 5.97 Å². The number of rotatable bonds is 4. The molecule has 2 heterocycles. The van der Waals surface area contributed by atoms with Gasteiger partial charge in [0.15, 0.2) is 6.10 Å². The van der Waals surface area contributed by atoms with Crippen molar-refractivity contribution in [1.29, 1.82) is 0 Å². The Balaban J connectivity index is 2.03. The molecule has 2 aromatic heterocycles. The lowest BCUT2D eigenvalue weighted by molar-refractivity contribution is -0.144. The van der Waals surface area contributed by atoms with Gasteiger partial charge in [-0.25, -0.2) is 9.78 Å². The molecule has 0 radical (unpaired) electrons. The number of nitrogens with zero attached hydrogens (tertiary/aromatic N) is 1. The molecule has 0 saturated carbocycles. The quantitative estimate of drug-likeness (QED) is 0.790. The standard InChI is InChI=1S/C16H13NO5S/c1-8-7-23-15(17-8)12-6-21-13-5-10(22-9(2)16(19)20)3-4-11(13)14(12)18/h3-7,9H,1-2H3,(H,19,20). The summed E-state index contributed by atoms with van der Waals surface area (Å²) in [6.07, 6.45) is 0.379. The van der Waals surface area contributed by atoms with Crippen molar-refractivity contribution in [2.75, 3.05) is 0 Å². The molecule has 1 N–H and O–H groups in total. The second kappa shape index (κ2) is 5.85. The molecule has 0 saturated heterocycles. The Morgan fingerprint density at radius 3 is 2.87 bits per heavy atom. The van der Waals surface area contributed by atoms with Crippen molar-refractivity contribution in [2.45, 2.75) is 20.0 Å². The van der Waals surface area contributed by atoms with Gasteiger partial charge in [-0.3, -0.25) is 4.79 Å². The molecule has 1 aromatic carbocycles. The first-order valence-electron chi connectivity index (χ1n) is 6.83. The normalized spacial score (nSPS) is 12.3. The first-order chi connectivity index (χ1) is 11.0. The van der Waals surface area contributed by atoms with Crippen LogP contribution in [0.4, 0.5) is 0 Å². The second-order valence-corrected chi connectivity index (χ2v) is 5.89. The molecule has 0 spiro atoms. The first-order valence-corrected chi connectivity index (χ1v) is 7.71. The summed E-state index contributed by atoms with van der Waals surface area (Å²) < 4.78 is 10.8. The van der Waals surface area contributed by atoms with Crippen LogP contribution in [-0.4, -0.2) is 22.2 Å². The summed E-state index contributed by atoms with van der Waals surface area (Å²) in [6, 6.07) is 4.62. The summed E-state index contributed by atoms with van der Waals surface area (Å²) in [7, 11) is 0. The van der Waals surface area contributed by atoms with Gasteiger partial charge in [0.05, 0.1) is 10.9 Å². The van der Waals surface area contributed by atoms with Crippen LogP contribution < -0.4 is 10.2 Å². The van der Waals surface area contributed by atoms with Crippen LogP contribution in [0.15, 0.2) is 39.1 Å². The maximum Gasteiger partial charge on any atom is 0.344 e. The van der Waals surface area contributed by atoms with E-state index in [9.17, 15) is 9.59 Å². The predicted octanol–water partition coefficient (Wildman–Crippen LogP) is 3.08. The Morgan fingerprint density at radius 2 is 2.22 bits per heavy atom. The third-order valence-corrected chi connectivity index (χ3v) is 4.25. The second-order valence-electron chi connectivity index (χ2n) is 5.03. The third-order valence-electron chi connectivity index (χ3n) is 3.26. The summed E-state index contributed by atoms with van der Waals surface area (Å²) in [5.74, 6) is -0.741. The summed E-state index contributed by atoms with van der Waals surface area (Å²) >= 11 is 1.38. The molecular formula is C16H13NO5S. The number of thiazole rings is 1. The van der Waals surface area contributed by atoms with Crippen LogP contribution in [0.2, 0.25) is 0 Å². The van der Waals surface area contributed by atoms with E-state index in [0.717, 1.165) is 5.69 Å². The Kier molecular flexibility index (Phi) is 3.87. The molecule has 1 unspecified atom stereocenters. The zero-order chi connectivity index (χ0) is 16.6. The van der Waals surface area contributed by atoms with Crippen molar-refractivity contribution in [3.63, 3.8) is 0 Å². The number of carboxylic acids is 1. The average molecular weight is 331 g/mol. The minimum Gasteiger partial charge on any atom is -0.479 e. The largest absolute Gasteiger partial charge is 0.479 e. The van der Waals surface area contributed by atoms with Crippen molar-refractivity contribution in [3.8, 4) is 16.3 Å². The molecule has 0 aliphatic carbocycles. The molecule has 23 heavy (non-hydrogen) atoms. The van der Waals surface area contributed by atoms with Gasteiger partial charge in [-0.15, -0.1) is 11.3 Å². The molecule has 0 aliphatic heterocycles. The van der Waals surface area contributed by atoms with E-state index in [0.29, 0.717) is 27.3 Å². The molecule has 0 aliphatic rings. The number of hydrogen-bond acceptors (Lipinski definition) is 6. The van der Waals surface area contributed by atoms with Crippen molar-refractivity contribution in [3.05, 3.63) is 45.8 Å². The lowest BCUT2D eigenvalue weighted by Gasteiger charge is -2.10. The molecule has 118 valence electrons. The number of hydrogen-bond donors (Lipinski definition) is 1. The minimum absolute atomic E-state index is 0.182. The van der Waals surface area contributed by atoms with Crippen LogP contribution in [-0.2, 0) is 4.79 Å². The molecule has 3 aromatic rings. The van der Waals surface area contributed by atoms with E-state index in [1.54, 1.807) is 12.1 Å². The zero-order valence-electron chi connectivity index (χ0n) is 12.4. The Morgan fingerprint density at radius 1 is 1.43 bits per heavy atom. The molecule has 0 bridgehead atoms. The lowest BCUT2D eigenvalue weighted by atomic mass is 10.1. The number of fused-ring (bicyclic) bond motifs is 1. The molecule has 1 atom stereocenters. The molecule has 3 rings (SSSR count). The number of ether oxygens (including phenoxy) is 1. The average Bonchev–Trinajstić information content (AvgIpc) is 2.93. The summed E-state index contributed by atoms with van der Waals surface area (Å²) in [5.41, 5.74) is 1.40. The van der Waals surface area contributed by atoms with Gasteiger partial charge in [0.25, 0.3) is 0 Å². The molecule has 7 heteroatoms. The van der Waals surface area contributed by atoms with Crippen LogP contribution in [0.1, 0.15) is 12.6 Å². The minimum atomic E-state index is -1.07. The SMILES string of the molecule is Cc1csc(-c2coc3cc(OC(C)C(=O)O)ccc3c2=O)n1. The maximum absolute atomic E-state index is 12.6. The van der Waals surface area contributed by atoms with Crippen LogP contribution in [0, 0.1) is 6.92 Å². The van der Waals surface area contributed by atoms with Crippen LogP contribution in [0.3, 0.4) is 0 Å². The zero-order valence-corrected chi connectivity index (χ0v) is 13.2. The Bertz CT molecular complexity index is 943. The van der Waals surface area contributed by atoms with Gasteiger partial charge in [0.1, 0.15) is 22.6 Å². The number of aryl methyl sites for hydroxylation is 1. The highest BCUT2D eigenvalue weighted by molar-refractivity contribution is 7.13. The number of carboxylic acid groups (broad SMARTS) is 1. The Labute approximate surface area is 135 Å². The maximum atomic E-state index is 12.6. The topological polar surface area (TPSA) is 89.6 Å².